The molecule has 4 rings (SSSR count). The Balaban J connectivity index is 1.68. The summed E-state index contributed by atoms with van der Waals surface area (Å²) in [6.45, 7) is 7.88. The van der Waals surface area contributed by atoms with E-state index < -0.39 is 0 Å². The van der Waals surface area contributed by atoms with Gasteiger partial charge < -0.3 is 9.42 Å². The third-order valence-corrected chi connectivity index (χ3v) is 5.80. The number of aryl methyl sites for hydroxylation is 2. The minimum Gasteiger partial charge on any atom is -0.361 e. The maximum atomic E-state index is 12.5. The second-order valence-corrected chi connectivity index (χ2v) is 7.87. The molecule has 1 aromatic heterocycles. The molecule has 3 saturated heterocycles. The van der Waals surface area contributed by atoms with Crippen molar-refractivity contribution in [1.82, 2.24) is 15.0 Å². The maximum absolute atomic E-state index is 12.5. The van der Waals surface area contributed by atoms with Crippen molar-refractivity contribution in [2.45, 2.75) is 45.7 Å². The van der Waals surface area contributed by atoms with Gasteiger partial charge in [-0.25, -0.2) is 0 Å². The molecule has 0 spiro atoms. The average molecular weight is 337 g/mol. The minimum atomic E-state index is 0.341. The molecule has 0 aliphatic carbocycles. The topological polar surface area (TPSA) is 49.6 Å². The van der Waals surface area contributed by atoms with Gasteiger partial charge in [-0.05, 0) is 38.9 Å². The summed E-state index contributed by atoms with van der Waals surface area (Å²) in [5.41, 5.74) is 2.21. The van der Waals surface area contributed by atoms with E-state index in [0.29, 0.717) is 24.3 Å². The van der Waals surface area contributed by atoms with Crippen molar-refractivity contribution >= 4 is 17.7 Å². The Morgan fingerprint density at radius 3 is 2.83 bits per heavy atom. The zero-order chi connectivity index (χ0) is 16.4. The van der Waals surface area contributed by atoms with E-state index in [4.69, 9.17) is 4.52 Å². The molecular weight excluding hydrogens is 310 g/mol. The lowest BCUT2D eigenvalue weighted by molar-refractivity contribution is -0.134. The molecule has 4 heterocycles. The molecule has 3 aliphatic heterocycles. The molecule has 0 radical (unpaired) electrons. The van der Waals surface area contributed by atoms with E-state index in [0.717, 1.165) is 49.8 Å². The van der Waals surface area contributed by atoms with Crippen molar-refractivity contribution < 1.29 is 9.32 Å². The van der Waals surface area contributed by atoms with E-state index in [1.54, 1.807) is 11.8 Å². The van der Waals surface area contributed by atoms with Crippen LogP contribution in [0.1, 0.15) is 36.3 Å². The number of nitrogens with zero attached hydrogens (tertiary/aromatic N) is 3. The van der Waals surface area contributed by atoms with E-state index in [2.05, 4.69) is 21.2 Å². The van der Waals surface area contributed by atoms with E-state index >= 15 is 0 Å². The first-order chi connectivity index (χ1) is 11.1. The van der Waals surface area contributed by atoms with Gasteiger partial charge in [0.1, 0.15) is 5.76 Å². The monoisotopic (exact) mass is 337 g/mol. The van der Waals surface area contributed by atoms with Crippen molar-refractivity contribution in [2.24, 2.45) is 5.92 Å². The van der Waals surface area contributed by atoms with Gasteiger partial charge in [-0.2, -0.15) is 11.8 Å². The molecule has 23 heavy (non-hydrogen) atoms. The molecule has 6 heteroatoms. The summed E-state index contributed by atoms with van der Waals surface area (Å²) < 4.78 is 5.30. The van der Waals surface area contributed by atoms with Crippen LogP contribution in [0.3, 0.4) is 0 Å². The molecule has 0 unspecified atom stereocenters. The summed E-state index contributed by atoms with van der Waals surface area (Å²) >= 11 is 1.75. The number of fused-ring (bicyclic) bond motifs is 4. The van der Waals surface area contributed by atoms with Crippen LogP contribution in [-0.4, -0.2) is 58.5 Å². The van der Waals surface area contributed by atoms with Gasteiger partial charge >= 0.3 is 0 Å². The summed E-state index contributed by atoms with van der Waals surface area (Å²) in [7, 11) is 0. The second kappa shape index (κ2) is 7.26. The molecule has 1 aromatic rings. The molecule has 1 amide bonds. The summed E-state index contributed by atoms with van der Waals surface area (Å²) in [6, 6.07) is 0.378. The normalized spacial score (nSPS) is 24.9. The fraction of sp³-hybridized carbons (Fsp3) is 0.765. The largest absolute Gasteiger partial charge is 0.361 e. The molecule has 128 valence electrons. The standard InChI is InChI=1S/C17H27N3O2S/c1-12-16(13(2)22-18-12)11-19-8-14-4-5-15(10-19)20(9-14)17(21)6-7-23-3/h14-15H,4-11H2,1-3H3/t14-,15+/m1/s1. The molecule has 3 fully saturated rings. The Morgan fingerprint density at radius 2 is 2.13 bits per heavy atom. The average Bonchev–Trinajstić information content (AvgIpc) is 2.74. The summed E-state index contributed by atoms with van der Waals surface area (Å²) in [5, 5.41) is 4.07. The van der Waals surface area contributed by atoms with Gasteiger partial charge in [-0.15, -0.1) is 0 Å². The van der Waals surface area contributed by atoms with Crippen LogP contribution in [0.15, 0.2) is 4.52 Å². The number of aromatic nitrogens is 1. The predicted molar refractivity (Wildman–Crippen MR) is 92.5 cm³/mol. The van der Waals surface area contributed by atoms with Crippen molar-refractivity contribution in [1.29, 1.82) is 0 Å². The Morgan fingerprint density at radius 1 is 1.30 bits per heavy atom. The van der Waals surface area contributed by atoms with Crippen LogP contribution in [0.25, 0.3) is 0 Å². The van der Waals surface area contributed by atoms with Gasteiger partial charge in [-0.1, -0.05) is 5.16 Å². The Kier molecular flexibility index (Phi) is 5.31. The van der Waals surface area contributed by atoms with E-state index in [1.165, 1.54) is 12.0 Å². The van der Waals surface area contributed by atoms with Crippen LogP contribution in [0, 0.1) is 19.8 Å². The highest BCUT2D eigenvalue weighted by atomic mass is 32.2. The van der Waals surface area contributed by atoms with Gasteiger partial charge in [-0.3, -0.25) is 9.69 Å². The Hall–Kier alpha value is -1.01. The van der Waals surface area contributed by atoms with Crippen LogP contribution >= 0.6 is 11.8 Å². The highest BCUT2D eigenvalue weighted by Gasteiger charge is 2.37. The predicted octanol–water partition coefficient (Wildman–Crippen LogP) is 2.47. The number of hydrogen-bond acceptors (Lipinski definition) is 5. The van der Waals surface area contributed by atoms with Gasteiger partial charge in [0.15, 0.2) is 0 Å². The number of rotatable bonds is 5. The van der Waals surface area contributed by atoms with Crippen molar-refractivity contribution in [3.63, 3.8) is 0 Å². The minimum absolute atomic E-state index is 0.341. The number of carbonyl (C=O) groups excluding carboxylic acids is 1. The SMILES string of the molecule is CSCCC(=O)N1C[C@@H]2CC[C@H]1CN(Cc1c(C)noc1C)C2. The highest BCUT2D eigenvalue weighted by Crippen LogP contribution is 2.30. The quantitative estimate of drug-likeness (QED) is 0.826. The van der Waals surface area contributed by atoms with Crippen molar-refractivity contribution in [3.05, 3.63) is 17.0 Å². The number of hydrogen-bond donors (Lipinski definition) is 0. The number of thioether (sulfide) groups is 1. The smallest absolute Gasteiger partial charge is 0.223 e. The lowest BCUT2D eigenvalue weighted by Crippen LogP contribution is -2.47. The summed E-state index contributed by atoms with van der Waals surface area (Å²) in [6.07, 6.45) is 5.13. The highest BCUT2D eigenvalue weighted by molar-refractivity contribution is 7.98. The number of amides is 1. The van der Waals surface area contributed by atoms with Gasteiger partial charge in [0, 0.05) is 50.0 Å². The molecule has 0 N–H and O–H groups in total. The first-order valence-corrected chi connectivity index (χ1v) is 9.90. The van der Waals surface area contributed by atoms with E-state index in [-0.39, 0.29) is 0 Å². The maximum Gasteiger partial charge on any atom is 0.223 e. The first-order valence-electron chi connectivity index (χ1n) is 8.51. The van der Waals surface area contributed by atoms with Crippen LogP contribution in [0.2, 0.25) is 0 Å². The third-order valence-electron chi connectivity index (χ3n) is 5.19. The van der Waals surface area contributed by atoms with Gasteiger partial charge in [0.05, 0.1) is 5.69 Å². The molecule has 3 aliphatic rings. The zero-order valence-electron chi connectivity index (χ0n) is 14.4. The first kappa shape index (κ1) is 16.8. The number of carbonyl (C=O) groups is 1. The van der Waals surface area contributed by atoms with Gasteiger partial charge in [0.2, 0.25) is 5.91 Å². The zero-order valence-corrected chi connectivity index (χ0v) is 15.2. The molecular formula is C17H27N3O2S. The number of piperidine rings is 1. The Labute approximate surface area is 142 Å². The van der Waals surface area contributed by atoms with Crippen molar-refractivity contribution in [2.75, 3.05) is 31.6 Å². The molecule has 0 aromatic carbocycles. The third kappa shape index (κ3) is 3.74. The molecule has 0 saturated carbocycles. The van der Waals surface area contributed by atoms with Crippen LogP contribution < -0.4 is 0 Å². The molecule has 2 bridgehead atoms. The lowest BCUT2D eigenvalue weighted by Gasteiger charge is -2.36. The van der Waals surface area contributed by atoms with Crippen LogP contribution in [0.5, 0.6) is 0 Å². The van der Waals surface area contributed by atoms with Crippen molar-refractivity contribution in [3.8, 4) is 0 Å². The fourth-order valence-electron chi connectivity index (χ4n) is 3.90. The molecule has 5 nitrogen and oxygen atoms in total. The van der Waals surface area contributed by atoms with Crippen LogP contribution in [0.4, 0.5) is 0 Å². The molecule has 2 atom stereocenters. The Bertz CT molecular complexity index is 541. The van der Waals surface area contributed by atoms with Crippen LogP contribution in [-0.2, 0) is 11.3 Å². The fourth-order valence-corrected chi connectivity index (χ4v) is 4.28. The van der Waals surface area contributed by atoms with E-state index in [9.17, 15) is 4.79 Å². The van der Waals surface area contributed by atoms with Gasteiger partial charge in [0.25, 0.3) is 0 Å². The second-order valence-electron chi connectivity index (χ2n) is 6.88. The summed E-state index contributed by atoms with van der Waals surface area (Å²) in [4.78, 5) is 17.2. The van der Waals surface area contributed by atoms with E-state index in [1.807, 2.05) is 13.8 Å². The summed E-state index contributed by atoms with van der Waals surface area (Å²) in [5.74, 6) is 2.79. The lowest BCUT2D eigenvalue weighted by atomic mass is 9.95.